The first-order valence-corrected chi connectivity index (χ1v) is 11.0. The third-order valence-corrected chi connectivity index (χ3v) is 6.67. The van der Waals surface area contributed by atoms with Crippen LogP contribution >= 0.6 is 0 Å². The quantitative estimate of drug-likeness (QED) is 0.649. The number of aromatic nitrogens is 4. The van der Waals surface area contributed by atoms with Gasteiger partial charge in [0.05, 0.1) is 7.11 Å². The van der Waals surface area contributed by atoms with Gasteiger partial charge in [0.25, 0.3) is 0 Å². The Morgan fingerprint density at radius 2 is 2.19 bits per heavy atom. The lowest BCUT2D eigenvalue weighted by molar-refractivity contribution is 0.257. The van der Waals surface area contributed by atoms with Crippen LogP contribution in [-0.2, 0) is 13.5 Å². The summed E-state index contributed by atoms with van der Waals surface area (Å²) in [7, 11) is 3.37. The van der Waals surface area contributed by atoms with Crippen molar-refractivity contribution in [2.75, 3.05) is 48.4 Å². The normalized spacial score (nSPS) is 18.8. The van der Waals surface area contributed by atoms with Crippen LogP contribution < -0.4 is 25.2 Å². The summed E-state index contributed by atoms with van der Waals surface area (Å²) in [4.78, 5) is 26.4. The molecule has 166 valence electrons. The number of methoxy groups -OCH3 is 1. The van der Waals surface area contributed by atoms with Crippen molar-refractivity contribution in [1.82, 2.24) is 25.1 Å². The summed E-state index contributed by atoms with van der Waals surface area (Å²) in [6.07, 6.45) is 6.94. The highest BCUT2D eigenvalue weighted by Gasteiger charge is 2.46. The first-order chi connectivity index (χ1) is 15.5. The van der Waals surface area contributed by atoms with Gasteiger partial charge in [-0.3, -0.25) is 9.58 Å². The molecular formula is C22H26N8O2. The zero-order chi connectivity index (χ0) is 21.9. The second-order valence-corrected chi connectivity index (χ2v) is 8.85. The second-order valence-electron chi connectivity index (χ2n) is 8.85. The van der Waals surface area contributed by atoms with Crippen molar-refractivity contribution in [2.45, 2.75) is 24.8 Å². The molecule has 0 radical (unpaired) electrons. The summed E-state index contributed by atoms with van der Waals surface area (Å²) in [6.45, 7) is 3.57. The highest BCUT2D eigenvalue weighted by molar-refractivity contribution is 6.04. The number of anilines is 3. The number of rotatable bonds is 3. The summed E-state index contributed by atoms with van der Waals surface area (Å²) in [5, 5.41) is 11.8. The number of carbonyl (C=O) groups excluding carboxylic acids is 1. The van der Waals surface area contributed by atoms with Gasteiger partial charge < -0.3 is 20.3 Å². The minimum Gasteiger partial charge on any atom is -0.479 e. The predicted molar refractivity (Wildman–Crippen MR) is 122 cm³/mol. The molecule has 10 heteroatoms. The van der Waals surface area contributed by atoms with E-state index in [-0.39, 0.29) is 6.03 Å². The predicted octanol–water partition coefficient (Wildman–Crippen LogP) is 1.91. The molecule has 1 saturated carbocycles. The molecule has 10 nitrogen and oxygen atoms in total. The van der Waals surface area contributed by atoms with E-state index in [1.54, 1.807) is 9.58 Å². The number of carbonyl (C=O) groups is 1. The van der Waals surface area contributed by atoms with Crippen LogP contribution in [0.5, 0.6) is 5.88 Å². The van der Waals surface area contributed by atoms with Crippen molar-refractivity contribution in [3.8, 4) is 5.88 Å². The van der Waals surface area contributed by atoms with Gasteiger partial charge in [0.15, 0.2) is 5.65 Å². The van der Waals surface area contributed by atoms with E-state index in [0.717, 1.165) is 42.8 Å². The molecule has 0 unspecified atom stereocenters. The smallest absolute Gasteiger partial charge is 0.327 e. The molecule has 3 aromatic rings. The highest BCUT2D eigenvalue weighted by atomic mass is 16.5. The fraction of sp³-hybridized carbons (Fsp3) is 0.455. The van der Waals surface area contributed by atoms with Gasteiger partial charge in [-0.05, 0) is 31.4 Å². The third-order valence-electron chi connectivity index (χ3n) is 6.67. The zero-order valence-corrected chi connectivity index (χ0v) is 18.3. The van der Waals surface area contributed by atoms with E-state index in [0.29, 0.717) is 29.3 Å². The number of ether oxygens (including phenoxy) is 1. The number of nitrogens with one attached hydrogen (secondary N) is 2. The van der Waals surface area contributed by atoms with E-state index < -0.39 is 0 Å². The Labute approximate surface area is 185 Å². The van der Waals surface area contributed by atoms with Gasteiger partial charge in [-0.2, -0.15) is 10.1 Å². The standard InChI is InChI=1S/C22H26N8O2/c1-28-12-14-11-16(20(32-2)26-18(14)27-28)25-21(31)30-9-4-15-17(3-7-23-19(15)30)29-10-8-24-22(13-29)5-6-22/h3,7,11-12,24H,4-6,8-10,13H2,1-2H3,(H,25,31). The van der Waals surface area contributed by atoms with Gasteiger partial charge in [-0.1, -0.05) is 0 Å². The lowest BCUT2D eigenvalue weighted by atomic mass is 10.1. The number of hydrogen-bond donors (Lipinski definition) is 2. The fourth-order valence-corrected chi connectivity index (χ4v) is 4.90. The number of piperazine rings is 1. The van der Waals surface area contributed by atoms with Gasteiger partial charge in [0, 0.05) is 67.8 Å². The number of pyridine rings is 2. The summed E-state index contributed by atoms with van der Waals surface area (Å²) in [5.74, 6) is 1.07. The highest BCUT2D eigenvalue weighted by Crippen LogP contribution is 2.41. The molecule has 3 aromatic heterocycles. The molecule has 2 aliphatic heterocycles. The molecule has 1 aliphatic carbocycles. The van der Waals surface area contributed by atoms with Crippen molar-refractivity contribution in [3.63, 3.8) is 0 Å². The van der Waals surface area contributed by atoms with Crippen LogP contribution in [0.15, 0.2) is 24.5 Å². The van der Waals surface area contributed by atoms with E-state index in [2.05, 4.69) is 36.7 Å². The first kappa shape index (κ1) is 19.3. The Morgan fingerprint density at radius 3 is 3.00 bits per heavy atom. The maximum atomic E-state index is 13.2. The summed E-state index contributed by atoms with van der Waals surface area (Å²) in [5.41, 5.74) is 3.73. The van der Waals surface area contributed by atoms with Crippen molar-refractivity contribution in [3.05, 3.63) is 30.1 Å². The van der Waals surface area contributed by atoms with Gasteiger partial charge in [-0.25, -0.2) is 9.78 Å². The summed E-state index contributed by atoms with van der Waals surface area (Å²) >= 11 is 0. The van der Waals surface area contributed by atoms with Gasteiger partial charge in [0.2, 0.25) is 5.88 Å². The van der Waals surface area contributed by atoms with Crippen molar-refractivity contribution in [2.24, 2.45) is 7.05 Å². The van der Waals surface area contributed by atoms with Crippen LogP contribution in [0.25, 0.3) is 11.0 Å². The lowest BCUT2D eigenvalue weighted by Gasteiger charge is -2.36. The molecule has 6 rings (SSSR count). The first-order valence-electron chi connectivity index (χ1n) is 11.0. The minimum atomic E-state index is -0.240. The van der Waals surface area contributed by atoms with Crippen LogP contribution in [0.4, 0.5) is 22.0 Å². The Kier molecular flexibility index (Phi) is 4.26. The van der Waals surface area contributed by atoms with Crippen LogP contribution in [0.1, 0.15) is 18.4 Å². The van der Waals surface area contributed by atoms with E-state index in [1.807, 2.05) is 25.5 Å². The molecule has 1 spiro atoms. The molecule has 2 fully saturated rings. The van der Waals surface area contributed by atoms with Crippen molar-refractivity contribution >= 4 is 34.3 Å². The maximum Gasteiger partial charge on any atom is 0.327 e. The number of aryl methyl sites for hydroxylation is 1. The molecule has 0 bridgehead atoms. The maximum absolute atomic E-state index is 13.2. The molecule has 2 N–H and O–H groups in total. The van der Waals surface area contributed by atoms with Crippen LogP contribution in [0.2, 0.25) is 0 Å². The SMILES string of the molecule is COc1nc2nn(C)cc2cc1NC(=O)N1CCc2c(N3CCNC4(CC4)C3)ccnc21. The molecule has 2 amide bonds. The second kappa shape index (κ2) is 7.06. The molecule has 5 heterocycles. The molecular weight excluding hydrogens is 408 g/mol. The van der Waals surface area contributed by atoms with Gasteiger partial charge in [0.1, 0.15) is 11.5 Å². The Balaban J connectivity index is 1.27. The Hall–Kier alpha value is -3.40. The van der Waals surface area contributed by atoms with Crippen LogP contribution in [0.3, 0.4) is 0 Å². The van der Waals surface area contributed by atoms with Crippen molar-refractivity contribution in [1.29, 1.82) is 0 Å². The van der Waals surface area contributed by atoms with Crippen molar-refractivity contribution < 1.29 is 9.53 Å². The third kappa shape index (κ3) is 3.13. The number of amides is 2. The molecule has 32 heavy (non-hydrogen) atoms. The fourth-order valence-electron chi connectivity index (χ4n) is 4.90. The molecule has 0 aromatic carbocycles. The Bertz CT molecular complexity index is 1220. The van der Waals surface area contributed by atoms with Crippen LogP contribution in [-0.4, -0.2) is 64.6 Å². The van der Waals surface area contributed by atoms with E-state index >= 15 is 0 Å². The average Bonchev–Trinajstić information content (AvgIpc) is 3.21. The van der Waals surface area contributed by atoms with E-state index in [9.17, 15) is 4.79 Å². The zero-order valence-electron chi connectivity index (χ0n) is 18.3. The molecule has 0 atom stereocenters. The number of urea groups is 1. The summed E-state index contributed by atoms with van der Waals surface area (Å²) in [6, 6.07) is 3.68. The number of nitrogens with zero attached hydrogens (tertiary/aromatic N) is 6. The van der Waals surface area contributed by atoms with Gasteiger partial charge >= 0.3 is 6.03 Å². The molecule has 3 aliphatic rings. The van der Waals surface area contributed by atoms with E-state index in [4.69, 9.17) is 4.74 Å². The number of hydrogen-bond acceptors (Lipinski definition) is 7. The average molecular weight is 435 g/mol. The topological polar surface area (TPSA) is 100 Å². The lowest BCUT2D eigenvalue weighted by Crippen LogP contribution is -2.52. The Morgan fingerprint density at radius 1 is 1.31 bits per heavy atom. The molecule has 1 saturated heterocycles. The largest absolute Gasteiger partial charge is 0.479 e. The summed E-state index contributed by atoms with van der Waals surface area (Å²) < 4.78 is 7.08. The monoisotopic (exact) mass is 434 g/mol. The van der Waals surface area contributed by atoms with Crippen LogP contribution in [0, 0.1) is 0 Å². The van der Waals surface area contributed by atoms with E-state index in [1.165, 1.54) is 25.6 Å². The van der Waals surface area contributed by atoms with Gasteiger partial charge in [-0.15, -0.1) is 0 Å². The number of fused-ring (bicyclic) bond motifs is 2. The minimum absolute atomic E-state index is 0.240.